The first kappa shape index (κ1) is 14.6. The quantitative estimate of drug-likeness (QED) is 0.644. The molecule has 118 valence electrons. The molecule has 0 saturated heterocycles. The van der Waals surface area contributed by atoms with Gasteiger partial charge in [-0.25, -0.2) is 0 Å². The number of rotatable bonds is 5. The summed E-state index contributed by atoms with van der Waals surface area (Å²) in [6.45, 7) is 0.581. The summed E-state index contributed by atoms with van der Waals surface area (Å²) in [5.41, 5.74) is 0.874. The number of ether oxygens (including phenoxy) is 1. The Bertz CT molecular complexity index is 597. The Balaban J connectivity index is 1.74. The van der Waals surface area contributed by atoms with E-state index in [2.05, 4.69) is 10.6 Å². The van der Waals surface area contributed by atoms with Crippen molar-refractivity contribution in [1.29, 1.82) is 0 Å². The number of hydrogen-bond donors (Lipinski definition) is 2. The monoisotopic (exact) mass is 305 g/mol. The van der Waals surface area contributed by atoms with Gasteiger partial charge in [-0.15, -0.1) is 0 Å². The molecular weight excluding hydrogens is 286 g/mol. The first-order valence-corrected chi connectivity index (χ1v) is 7.62. The average molecular weight is 305 g/mol. The van der Waals surface area contributed by atoms with Crippen LogP contribution in [-0.4, -0.2) is 24.0 Å². The molecule has 1 aromatic carbocycles. The molecule has 1 aliphatic carbocycles. The summed E-state index contributed by atoms with van der Waals surface area (Å²) >= 11 is 0. The third-order valence-corrected chi connectivity index (χ3v) is 4.27. The fourth-order valence-corrected chi connectivity index (χ4v) is 3.12. The standard InChI is InChI=1S/C15H19N3O4/c19-15-9-22-14-8-13(18(20)21)11(7-12(14)17-15)16-6-5-10-3-1-2-4-10/h7-8,10,16H,1-6,9H2,(H,17,19). The van der Waals surface area contributed by atoms with Crippen molar-refractivity contribution in [2.45, 2.75) is 32.1 Å². The molecule has 1 saturated carbocycles. The second-order valence-electron chi connectivity index (χ2n) is 5.83. The van der Waals surface area contributed by atoms with Gasteiger partial charge in [-0.3, -0.25) is 14.9 Å². The van der Waals surface area contributed by atoms with Gasteiger partial charge in [-0.05, 0) is 18.4 Å². The lowest BCUT2D eigenvalue weighted by Crippen LogP contribution is -2.25. The van der Waals surface area contributed by atoms with Crippen molar-refractivity contribution in [3.63, 3.8) is 0 Å². The molecule has 0 bridgehead atoms. The van der Waals surface area contributed by atoms with Gasteiger partial charge in [0.15, 0.2) is 12.4 Å². The van der Waals surface area contributed by atoms with E-state index in [1.165, 1.54) is 31.7 Å². The molecule has 1 aromatic rings. The molecule has 0 radical (unpaired) electrons. The summed E-state index contributed by atoms with van der Waals surface area (Å²) in [5.74, 6) is 0.804. The molecule has 2 N–H and O–H groups in total. The zero-order valence-corrected chi connectivity index (χ0v) is 12.3. The Kier molecular flexibility index (Phi) is 4.13. The molecule has 1 aliphatic heterocycles. The van der Waals surface area contributed by atoms with Crippen molar-refractivity contribution in [2.75, 3.05) is 23.8 Å². The lowest BCUT2D eigenvalue weighted by Gasteiger charge is -2.19. The topological polar surface area (TPSA) is 93.5 Å². The fourth-order valence-electron chi connectivity index (χ4n) is 3.12. The van der Waals surface area contributed by atoms with Gasteiger partial charge < -0.3 is 15.4 Å². The lowest BCUT2D eigenvalue weighted by atomic mass is 10.0. The number of fused-ring (bicyclic) bond motifs is 1. The summed E-state index contributed by atoms with van der Waals surface area (Å²) in [6.07, 6.45) is 6.08. The van der Waals surface area contributed by atoms with Crippen LogP contribution in [0.1, 0.15) is 32.1 Å². The zero-order valence-electron chi connectivity index (χ0n) is 12.3. The van der Waals surface area contributed by atoms with Gasteiger partial charge in [0, 0.05) is 6.54 Å². The number of nitrogens with one attached hydrogen (secondary N) is 2. The van der Waals surface area contributed by atoms with Gasteiger partial charge >= 0.3 is 0 Å². The third-order valence-electron chi connectivity index (χ3n) is 4.27. The highest BCUT2D eigenvalue weighted by molar-refractivity contribution is 5.96. The zero-order chi connectivity index (χ0) is 15.5. The predicted octanol–water partition coefficient (Wildman–Crippen LogP) is 2.92. The maximum absolute atomic E-state index is 11.4. The van der Waals surface area contributed by atoms with Gasteiger partial charge in [-0.1, -0.05) is 25.7 Å². The predicted molar refractivity (Wildman–Crippen MR) is 82.3 cm³/mol. The summed E-state index contributed by atoms with van der Waals surface area (Å²) in [4.78, 5) is 22.1. The Hall–Kier alpha value is -2.31. The molecule has 3 rings (SSSR count). The smallest absolute Gasteiger partial charge is 0.296 e. The highest BCUT2D eigenvalue weighted by Crippen LogP contribution is 2.38. The summed E-state index contributed by atoms with van der Waals surface area (Å²) in [6, 6.07) is 2.95. The fraction of sp³-hybridized carbons (Fsp3) is 0.533. The average Bonchev–Trinajstić information content (AvgIpc) is 2.99. The number of amides is 1. The molecule has 7 nitrogen and oxygen atoms in total. The minimum Gasteiger partial charge on any atom is -0.481 e. The van der Waals surface area contributed by atoms with Crippen molar-refractivity contribution in [2.24, 2.45) is 5.92 Å². The van der Waals surface area contributed by atoms with E-state index < -0.39 is 4.92 Å². The summed E-state index contributed by atoms with van der Waals surface area (Å²) in [5, 5.41) is 17.0. The van der Waals surface area contributed by atoms with Gasteiger partial charge in [0.2, 0.25) is 0 Å². The molecule has 22 heavy (non-hydrogen) atoms. The first-order chi connectivity index (χ1) is 10.6. The Morgan fingerprint density at radius 1 is 1.36 bits per heavy atom. The molecule has 0 aromatic heterocycles. The van der Waals surface area contributed by atoms with E-state index in [0.29, 0.717) is 29.6 Å². The third kappa shape index (κ3) is 3.13. The number of nitro groups is 1. The summed E-state index contributed by atoms with van der Waals surface area (Å²) in [7, 11) is 0. The van der Waals surface area contributed by atoms with Crippen LogP contribution in [0.25, 0.3) is 0 Å². The number of anilines is 2. The lowest BCUT2D eigenvalue weighted by molar-refractivity contribution is -0.384. The van der Waals surface area contributed by atoms with E-state index in [1.54, 1.807) is 6.07 Å². The molecule has 0 unspecified atom stereocenters. The molecule has 1 heterocycles. The molecular formula is C15H19N3O4. The van der Waals surface area contributed by atoms with Gasteiger partial charge in [0.1, 0.15) is 5.69 Å². The molecule has 0 spiro atoms. The van der Waals surface area contributed by atoms with Gasteiger partial charge in [-0.2, -0.15) is 0 Å². The number of benzene rings is 1. The Morgan fingerprint density at radius 3 is 2.86 bits per heavy atom. The van der Waals surface area contributed by atoms with Crippen LogP contribution in [0.15, 0.2) is 12.1 Å². The summed E-state index contributed by atoms with van der Waals surface area (Å²) < 4.78 is 5.22. The van der Waals surface area contributed by atoms with Crippen LogP contribution < -0.4 is 15.4 Å². The second kappa shape index (κ2) is 6.21. The van der Waals surface area contributed by atoms with Crippen molar-refractivity contribution in [1.82, 2.24) is 0 Å². The minimum absolute atomic E-state index is 0.0266. The van der Waals surface area contributed by atoms with E-state index in [9.17, 15) is 14.9 Å². The maximum Gasteiger partial charge on any atom is 0.296 e. The van der Waals surface area contributed by atoms with E-state index >= 15 is 0 Å². The van der Waals surface area contributed by atoms with Crippen molar-refractivity contribution >= 4 is 23.0 Å². The second-order valence-corrected chi connectivity index (χ2v) is 5.83. The molecule has 1 amide bonds. The van der Waals surface area contributed by atoms with Crippen LogP contribution in [0.3, 0.4) is 0 Å². The van der Waals surface area contributed by atoms with Crippen LogP contribution in [0.2, 0.25) is 0 Å². The first-order valence-electron chi connectivity index (χ1n) is 7.62. The van der Waals surface area contributed by atoms with Gasteiger partial charge in [0.25, 0.3) is 11.6 Å². The van der Waals surface area contributed by atoms with Crippen LogP contribution in [0, 0.1) is 16.0 Å². The number of carbonyl (C=O) groups excluding carboxylic acids is 1. The number of hydrogen-bond acceptors (Lipinski definition) is 5. The maximum atomic E-state index is 11.4. The van der Waals surface area contributed by atoms with Crippen molar-refractivity contribution in [3.8, 4) is 5.75 Å². The van der Waals surface area contributed by atoms with Crippen molar-refractivity contribution in [3.05, 3.63) is 22.2 Å². The van der Waals surface area contributed by atoms with Crippen LogP contribution in [0.5, 0.6) is 5.75 Å². The highest BCUT2D eigenvalue weighted by Gasteiger charge is 2.24. The largest absolute Gasteiger partial charge is 0.481 e. The van der Waals surface area contributed by atoms with Crippen LogP contribution in [0.4, 0.5) is 17.1 Å². The highest BCUT2D eigenvalue weighted by atomic mass is 16.6. The molecule has 2 aliphatic rings. The number of carbonyl (C=O) groups is 1. The number of nitrogens with zero attached hydrogens (tertiary/aromatic N) is 1. The Morgan fingerprint density at radius 2 is 2.14 bits per heavy atom. The van der Waals surface area contributed by atoms with E-state index in [-0.39, 0.29) is 18.2 Å². The SMILES string of the molecule is O=C1COc2cc([N+](=O)[O-])c(NCCC3CCCC3)cc2N1. The van der Waals surface area contributed by atoms with E-state index in [1.807, 2.05) is 0 Å². The normalized spacial score (nSPS) is 17.5. The molecule has 0 atom stereocenters. The molecule has 7 heteroatoms. The molecule has 1 fully saturated rings. The van der Waals surface area contributed by atoms with Crippen LogP contribution >= 0.6 is 0 Å². The van der Waals surface area contributed by atoms with Crippen molar-refractivity contribution < 1.29 is 14.5 Å². The van der Waals surface area contributed by atoms with E-state index in [4.69, 9.17) is 4.74 Å². The van der Waals surface area contributed by atoms with E-state index in [0.717, 1.165) is 6.42 Å². The number of nitro benzene ring substituents is 1. The van der Waals surface area contributed by atoms with Gasteiger partial charge in [0.05, 0.1) is 16.7 Å². The minimum atomic E-state index is -0.433. The van der Waals surface area contributed by atoms with Crippen LogP contribution in [-0.2, 0) is 4.79 Å². The Labute approximate surface area is 128 Å².